The van der Waals surface area contributed by atoms with Crippen molar-refractivity contribution in [3.63, 3.8) is 0 Å². The number of aliphatic hydroxyl groups excluding tert-OH is 1. The second-order valence-electron chi connectivity index (χ2n) is 5.04. The van der Waals surface area contributed by atoms with E-state index in [-0.39, 0.29) is 24.0 Å². The molecule has 1 aromatic rings. The quantitative estimate of drug-likeness (QED) is 0.782. The summed E-state index contributed by atoms with van der Waals surface area (Å²) in [4.78, 5) is 11.9. The highest BCUT2D eigenvalue weighted by atomic mass is 19.1. The Morgan fingerprint density at radius 3 is 2.63 bits per heavy atom. The van der Waals surface area contributed by atoms with Crippen molar-refractivity contribution in [1.29, 1.82) is 0 Å². The number of nitrogens with one attached hydrogen (secondary N) is 1. The van der Waals surface area contributed by atoms with Gasteiger partial charge < -0.3 is 15.5 Å². The van der Waals surface area contributed by atoms with Crippen LogP contribution in [0, 0.1) is 11.7 Å². The summed E-state index contributed by atoms with van der Waals surface area (Å²) < 4.78 is 13.5. The van der Waals surface area contributed by atoms with Crippen molar-refractivity contribution in [2.45, 2.75) is 31.7 Å². The van der Waals surface area contributed by atoms with Crippen molar-refractivity contribution in [3.05, 3.63) is 29.6 Å². The number of carbonyl (C=O) groups excluding carboxylic acids is 1. The third kappa shape index (κ3) is 3.44. The minimum atomic E-state index is -0.639. The Bertz CT molecular complexity index is 456. The highest BCUT2D eigenvalue weighted by Crippen LogP contribution is 2.24. The molecule has 104 valence electrons. The van der Waals surface area contributed by atoms with Crippen LogP contribution >= 0.6 is 0 Å². The molecule has 0 bridgehead atoms. The van der Waals surface area contributed by atoms with E-state index in [1.165, 1.54) is 6.07 Å². The third-order valence-electron chi connectivity index (χ3n) is 3.63. The largest absolute Gasteiger partial charge is 0.508 e. The van der Waals surface area contributed by atoms with Crippen molar-refractivity contribution in [1.82, 2.24) is 5.32 Å². The minimum absolute atomic E-state index is 0.0112. The molecule has 0 saturated heterocycles. The lowest BCUT2D eigenvalue weighted by molar-refractivity contribution is 0.0909. The van der Waals surface area contributed by atoms with Gasteiger partial charge in [0.15, 0.2) is 0 Å². The Kier molecular flexibility index (Phi) is 4.37. The zero-order valence-corrected chi connectivity index (χ0v) is 10.6. The van der Waals surface area contributed by atoms with Gasteiger partial charge in [-0.25, -0.2) is 4.39 Å². The summed E-state index contributed by atoms with van der Waals surface area (Å²) in [6, 6.07) is 3.42. The summed E-state index contributed by atoms with van der Waals surface area (Å²) in [5.41, 5.74) is -0.135. The number of hydrogen-bond acceptors (Lipinski definition) is 3. The predicted molar refractivity (Wildman–Crippen MR) is 68.4 cm³/mol. The highest BCUT2D eigenvalue weighted by molar-refractivity contribution is 5.95. The van der Waals surface area contributed by atoms with Gasteiger partial charge in [0.05, 0.1) is 5.56 Å². The van der Waals surface area contributed by atoms with Crippen LogP contribution in [0.3, 0.4) is 0 Å². The number of carbonyl (C=O) groups is 1. The smallest absolute Gasteiger partial charge is 0.254 e. The van der Waals surface area contributed by atoms with E-state index in [0.717, 1.165) is 37.8 Å². The Morgan fingerprint density at radius 1 is 1.32 bits per heavy atom. The summed E-state index contributed by atoms with van der Waals surface area (Å²) in [5.74, 6) is -0.957. The van der Waals surface area contributed by atoms with Gasteiger partial charge >= 0.3 is 0 Å². The number of hydrogen-bond donors (Lipinski definition) is 3. The molecule has 0 spiro atoms. The van der Waals surface area contributed by atoms with Crippen LogP contribution in [0.25, 0.3) is 0 Å². The first-order chi connectivity index (χ1) is 9.10. The molecule has 1 aromatic carbocycles. The monoisotopic (exact) mass is 267 g/mol. The molecule has 0 aromatic heterocycles. The van der Waals surface area contributed by atoms with E-state index in [2.05, 4.69) is 5.32 Å². The van der Waals surface area contributed by atoms with Crippen LogP contribution in [0.15, 0.2) is 18.2 Å². The molecule has 5 heteroatoms. The predicted octanol–water partition coefficient (Wildman–Crippen LogP) is 1.81. The third-order valence-corrected chi connectivity index (χ3v) is 3.63. The van der Waals surface area contributed by atoms with Gasteiger partial charge in [0.2, 0.25) is 0 Å². The standard InChI is InChI=1S/C14H18FNO3/c15-13-6-5-11(18)7-12(13)14(19)16-10-3-1-9(8-17)2-4-10/h5-7,9-10,17-18H,1-4,8H2,(H,16,19). The lowest BCUT2D eigenvalue weighted by atomic mass is 9.86. The van der Waals surface area contributed by atoms with E-state index in [4.69, 9.17) is 5.11 Å². The lowest BCUT2D eigenvalue weighted by Gasteiger charge is -2.28. The fourth-order valence-electron chi connectivity index (χ4n) is 2.44. The SMILES string of the molecule is O=C(NC1CCC(CO)CC1)c1cc(O)ccc1F. The first kappa shape index (κ1) is 13.8. The Morgan fingerprint density at radius 2 is 2.00 bits per heavy atom. The van der Waals surface area contributed by atoms with Gasteiger partial charge in [-0.05, 0) is 49.8 Å². The maximum absolute atomic E-state index is 13.5. The number of amides is 1. The molecule has 1 aliphatic rings. The lowest BCUT2D eigenvalue weighted by Crippen LogP contribution is -2.38. The van der Waals surface area contributed by atoms with Crippen LogP contribution < -0.4 is 5.32 Å². The second kappa shape index (κ2) is 6.02. The van der Waals surface area contributed by atoms with Gasteiger partial charge in [0.1, 0.15) is 11.6 Å². The van der Waals surface area contributed by atoms with Crippen molar-refractivity contribution in [3.8, 4) is 5.75 Å². The average molecular weight is 267 g/mol. The number of aromatic hydroxyl groups is 1. The molecule has 0 atom stereocenters. The summed E-state index contributed by atoms with van der Waals surface area (Å²) in [6.45, 7) is 0.182. The molecular formula is C14H18FNO3. The molecule has 1 amide bonds. The molecule has 1 fully saturated rings. The van der Waals surface area contributed by atoms with Gasteiger partial charge in [-0.1, -0.05) is 0 Å². The Hall–Kier alpha value is -1.62. The Balaban J connectivity index is 1.96. The first-order valence-corrected chi connectivity index (χ1v) is 6.50. The number of benzene rings is 1. The van der Waals surface area contributed by atoms with E-state index >= 15 is 0 Å². The number of aliphatic hydroxyl groups is 1. The van der Waals surface area contributed by atoms with Crippen LogP contribution in [0.2, 0.25) is 0 Å². The van der Waals surface area contributed by atoms with Gasteiger partial charge in [-0.15, -0.1) is 0 Å². The molecule has 0 unspecified atom stereocenters. The zero-order valence-electron chi connectivity index (χ0n) is 10.6. The molecule has 3 N–H and O–H groups in total. The number of halogens is 1. The second-order valence-corrected chi connectivity index (χ2v) is 5.04. The van der Waals surface area contributed by atoms with Crippen LogP contribution in [0.4, 0.5) is 4.39 Å². The number of phenolic OH excluding ortho intramolecular Hbond substituents is 1. The van der Waals surface area contributed by atoms with Crippen LogP contribution in [-0.4, -0.2) is 28.8 Å². The molecule has 1 saturated carbocycles. The molecule has 1 aliphatic carbocycles. The maximum Gasteiger partial charge on any atom is 0.254 e. The van der Waals surface area contributed by atoms with Crippen molar-refractivity contribution in [2.75, 3.05) is 6.61 Å². The molecule has 4 nitrogen and oxygen atoms in total. The maximum atomic E-state index is 13.5. The average Bonchev–Trinajstić information content (AvgIpc) is 2.42. The summed E-state index contributed by atoms with van der Waals surface area (Å²) in [6.07, 6.45) is 3.31. The van der Waals surface area contributed by atoms with E-state index in [0.29, 0.717) is 5.92 Å². The van der Waals surface area contributed by atoms with Gasteiger partial charge in [-0.2, -0.15) is 0 Å². The van der Waals surface area contributed by atoms with E-state index in [9.17, 15) is 14.3 Å². The van der Waals surface area contributed by atoms with E-state index < -0.39 is 11.7 Å². The van der Waals surface area contributed by atoms with E-state index in [1.807, 2.05) is 0 Å². The molecule has 0 radical (unpaired) electrons. The first-order valence-electron chi connectivity index (χ1n) is 6.50. The fraction of sp³-hybridized carbons (Fsp3) is 0.500. The topological polar surface area (TPSA) is 69.6 Å². The molecule has 0 heterocycles. The number of rotatable bonds is 3. The minimum Gasteiger partial charge on any atom is -0.508 e. The summed E-state index contributed by atoms with van der Waals surface area (Å²) in [7, 11) is 0. The van der Waals surface area contributed by atoms with Crippen LogP contribution in [0.5, 0.6) is 5.75 Å². The normalized spacial score (nSPS) is 23.1. The van der Waals surface area contributed by atoms with Gasteiger partial charge in [0.25, 0.3) is 5.91 Å². The van der Waals surface area contributed by atoms with E-state index in [1.54, 1.807) is 0 Å². The highest BCUT2D eigenvalue weighted by Gasteiger charge is 2.23. The molecular weight excluding hydrogens is 249 g/mol. The van der Waals surface area contributed by atoms with Crippen LogP contribution in [0.1, 0.15) is 36.0 Å². The molecule has 19 heavy (non-hydrogen) atoms. The van der Waals surface area contributed by atoms with Crippen LogP contribution in [-0.2, 0) is 0 Å². The van der Waals surface area contributed by atoms with Crippen molar-refractivity contribution in [2.24, 2.45) is 5.92 Å². The Labute approximate surface area is 111 Å². The zero-order chi connectivity index (χ0) is 13.8. The van der Waals surface area contributed by atoms with Gasteiger partial charge in [-0.3, -0.25) is 4.79 Å². The summed E-state index contributed by atoms with van der Waals surface area (Å²) >= 11 is 0. The molecule has 0 aliphatic heterocycles. The summed E-state index contributed by atoms with van der Waals surface area (Å²) in [5, 5.41) is 21.1. The van der Waals surface area contributed by atoms with Crippen molar-refractivity contribution < 1.29 is 19.4 Å². The fourth-order valence-corrected chi connectivity index (χ4v) is 2.44. The number of phenols is 1. The van der Waals surface area contributed by atoms with Crippen molar-refractivity contribution >= 4 is 5.91 Å². The van der Waals surface area contributed by atoms with Gasteiger partial charge in [0, 0.05) is 12.6 Å². The molecule has 2 rings (SSSR count).